The molecule has 0 spiro atoms. The fourth-order valence-electron chi connectivity index (χ4n) is 3.02. The number of rotatable bonds is 5. The molecule has 0 aliphatic carbocycles. The van der Waals surface area contributed by atoms with Gasteiger partial charge in [0.05, 0.1) is 18.1 Å². The predicted octanol–water partition coefficient (Wildman–Crippen LogP) is 4.27. The van der Waals surface area contributed by atoms with Gasteiger partial charge in [-0.25, -0.2) is 0 Å². The second kappa shape index (κ2) is 9.02. The number of benzene rings is 2. The number of hydrogen-bond donors (Lipinski definition) is 3. The second-order valence-corrected chi connectivity index (χ2v) is 6.93. The summed E-state index contributed by atoms with van der Waals surface area (Å²) in [4.78, 5) is 16.6. The number of nitrogens with one attached hydrogen (secondary N) is 2. The first-order valence-corrected chi connectivity index (χ1v) is 9.44. The van der Waals surface area contributed by atoms with Crippen LogP contribution in [0.5, 0.6) is 0 Å². The number of allylic oxidation sites excluding steroid dienone is 1. The Hall–Kier alpha value is -3.73. The molecule has 0 aliphatic rings. The number of alkyl halides is 6. The molecule has 0 bridgehead atoms. The lowest BCUT2D eigenvalue weighted by atomic mass is 9.99. The van der Waals surface area contributed by atoms with Crippen LogP contribution in [0, 0.1) is 5.41 Å². The Balaban J connectivity index is 1.90. The van der Waals surface area contributed by atoms with Crippen molar-refractivity contribution in [3.8, 4) is 11.1 Å². The number of hydrogen-bond acceptors (Lipinski definition) is 3. The van der Waals surface area contributed by atoms with E-state index < -0.39 is 29.5 Å². The Kier molecular flexibility index (Phi) is 6.54. The molecule has 4 N–H and O–H groups in total. The van der Waals surface area contributed by atoms with Crippen molar-refractivity contribution in [3.63, 3.8) is 0 Å². The summed E-state index contributed by atoms with van der Waals surface area (Å²) < 4.78 is 77.6. The molecule has 0 saturated heterocycles. The molecule has 0 unspecified atom stereocenters. The van der Waals surface area contributed by atoms with Gasteiger partial charge in [-0.1, -0.05) is 24.3 Å². The summed E-state index contributed by atoms with van der Waals surface area (Å²) in [6.07, 6.45) is -7.66. The zero-order chi connectivity index (χ0) is 24.4. The molecule has 5 nitrogen and oxygen atoms in total. The van der Waals surface area contributed by atoms with Gasteiger partial charge in [0, 0.05) is 28.8 Å². The second-order valence-electron chi connectivity index (χ2n) is 6.93. The maximum absolute atomic E-state index is 13.3. The van der Waals surface area contributed by atoms with Gasteiger partial charge in [-0.05, 0) is 29.8 Å². The molecule has 0 saturated carbocycles. The number of nitrogens with zero attached hydrogens (tertiary/aromatic N) is 1. The van der Waals surface area contributed by atoms with E-state index in [9.17, 15) is 31.1 Å². The van der Waals surface area contributed by atoms with E-state index in [-0.39, 0.29) is 22.5 Å². The molecule has 0 aliphatic heterocycles. The summed E-state index contributed by atoms with van der Waals surface area (Å²) >= 11 is 0. The quantitative estimate of drug-likeness (QED) is 0.387. The maximum Gasteiger partial charge on any atom is 0.432 e. The highest BCUT2D eigenvalue weighted by Crippen LogP contribution is 2.37. The summed E-state index contributed by atoms with van der Waals surface area (Å²) in [6.45, 7) is 0. The largest absolute Gasteiger partial charge is 0.432 e. The van der Waals surface area contributed by atoms with Gasteiger partial charge in [-0.3, -0.25) is 20.5 Å². The number of quaternary nitrogens is 1. The molecule has 11 heteroatoms. The molecule has 2 aromatic carbocycles. The zero-order valence-corrected chi connectivity index (χ0v) is 17.0. The van der Waals surface area contributed by atoms with E-state index in [2.05, 4.69) is 10.3 Å². The van der Waals surface area contributed by atoms with Gasteiger partial charge >= 0.3 is 12.4 Å². The van der Waals surface area contributed by atoms with E-state index >= 15 is 0 Å². The fraction of sp³-hybridized carbons (Fsp3) is 0.136. The monoisotopic (exact) mass is 467 g/mol. The first kappa shape index (κ1) is 23.9. The Morgan fingerprint density at radius 3 is 2.39 bits per heavy atom. The van der Waals surface area contributed by atoms with Crippen LogP contribution in [0.2, 0.25) is 0 Å². The maximum atomic E-state index is 13.3. The highest BCUT2D eigenvalue weighted by molar-refractivity contribution is 6.01. The Bertz CT molecular complexity index is 1250. The van der Waals surface area contributed by atoms with E-state index in [0.717, 1.165) is 6.07 Å². The van der Waals surface area contributed by atoms with Crippen LogP contribution in [0.4, 0.5) is 26.3 Å². The molecule has 1 heterocycles. The smallest absolute Gasteiger partial charge is 0.301 e. The third kappa shape index (κ3) is 5.55. The summed E-state index contributed by atoms with van der Waals surface area (Å²) in [5.41, 5.74) is -1.84. The van der Waals surface area contributed by atoms with E-state index in [1.165, 1.54) is 61.0 Å². The van der Waals surface area contributed by atoms with Crippen molar-refractivity contribution in [2.75, 3.05) is 7.05 Å². The van der Waals surface area contributed by atoms with Crippen LogP contribution in [-0.4, -0.2) is 29.8 Å². The highest BCUT2D eigenvalue weighted by atomic mass is 19.4. The lowest BCUT2D eigenvalue weighted by molar-refractivity contribution is -0.580. The number of amides is 1. The molecule has 0 atom stereocenters. The minimum Gasteiger partial charge on any atom is -0.301 e. The van der Waals surface area contributed by atoms with Gasteiger partial charge in [-0.2, -0.15) is 26.3 Å². The van der Waals surface area contributed by atoms with Gasteiger partial charge in [0.2, 0.25) is 5.82 Å². The number of fused-ring (bicyclic) bond motifs is 1. The van der Waals surface area contributed by atoms with Crippen LogP contribution < -0.4 is 10.6 Å². The Morgan fingerprint density at radius 1 is 1.06 bits per heavy atom. The van der Waals surface area contributed by atoms with Crippen molar-refractivity contribution in [2.45, 2.75) is 12.4 Å². The van der Waals surface area contributed by atoms with Crippen LogP contribution in [-0.2, 0) is 6.18 Å². The molecule has 0 radical (unpaired) electrons. The number of aromatic nitrogens is 1. The molecular formula is C22H17F6N4O+. The average molecular weight is 467 g/mol. The molecule has 3 rings (SSSR count). The average Bonchev–Trinajstić information content (AvgIpc) is 2.76. The molecule has 3 aromatic rings. The normalized spacial score (nSPS) is 12.6. The van der Waals surface area contributed by atoms with E-state index in [1.54, 1.807) is 0 Å². The lowest BCUT2D eigenvalue weighted by Gasteiger charge is -2.13. The van der Waals surface area contributed by atoms with E-state index in [1.807, 2.05) is 0 Å². The topological polar surface area (TPSA) is 82.5 Å². The Morgan fingerprint density at radius 2 is 1.76 bits per heavy atom. The molecule has 33 heavy (non-hydrogen) atoms. The van der Waals surface area contributed by atoms with Gasteiger partial charge in [0.15, 0.2) is 0 Å². The number of nitrogens with two attached hydrogens (primary N) is 1. The van der Waals surface area contributed by atoms with E-state index in [4.69, 9.17) is 5.41 Å². The van der Waals surface area contributed by atoms with Crippen molar-refractivity contribution in [1.82, 2.24) is 10.3 Å². The van der Waals surface area contributed by atoms with Crippen LogP contribution in [0.25, 0.3) is 22.0 Å². The molecular weight excluding hydrogens is 450 g/mol. The highest BCUT2D eigenvalue weighted by Gasteiger charge is 2.34. The fourth-order valence-corrected chi connectivity index (χ4v) is 3.02. The van der Waals surface area contributed by atoms with E-state index in [0.29, 0.717) is 17.0 Å². The van der Waals surface area contributed by atoms with Crippen molar-refractivity contribution < 1.29 is 36.5 Å². The van der Waals surface area contributed by atoms with Gasteiger partial charge in [-0.15, -0.1) is 0 Å². The van der Waals surface area contributed by atoms with Crippen molar-refractivity contribution in [1.29, 1.82) is 5.41 Å². The van der Waals surface area contributed by atoms with Crippen molar-refractivity contribution in [2.24, 2.45) is 0 Å². The first-order chi connectivity index (χ1) is 15.4. The number of pyridine rings is 1. The Labute approximate surface area is 183 Å². The van der Waals surface area contributed by atoms with Gasteiger partial charge in [0.25, 0.3) is 5.91 Å². The third-order valence-electron chi connectivity index (χ3n) is 4.66. The predicted molar refractivity (Wildman–Crippen MR) is 109 cm³/mol. The molecule has 1 aromatic heterocycles. The van der Waals surface area contributed by atoms with Crippen LogP contribution >= 0.6 is 0 Å². The third-order valence-corrected chi connectivity index (χ3v) is 4.66. The van der Waals surface area contributed by atoms with Crippen LogP contribution in [0.1, 0.15) is 15.9 Å². The van der Waals surface area contributed by atoms with Crippen LogP contribution in [0.15, 0.2) is 66.6 Å². The summed E-state index contributed by atoms with van der Waals surface area (Å²) in [5, 5.41) is 11.0. The minimum absolute atomic E-state index is 0.0402. The van der Waals surface area contributed by atoms with Crippen LogP contribution in [0.3, 0.4) is 0 Å². The van der Waals surface area contributed by atoms with Gasteiger partial charge in [0.1, 0.15) is 5.71 Å². The summed E-state index contributed by atoms with van der Waals surface area (Å²) in [5.74, 6) is -0.945. The number of carbonyl (C=O) groups excluding carboxylic acids is 1. The number of halogens is 6. The zero-order valence-electron chi connectivity index (χ0n) is 17.0. The van der Waals surface area contributed by atoms with Crippen molar-refractivity contribution in [3.05, 3.63) is 77.8 Å². The van der Waals surface area contributed by atoms with Crippen molar-refractivity contribution >= 4 is 22.5 Å². The summed E-state index contributed by atoms with van der Waals surface area (Å²) in [6, 6.07) is 10.8. The number of carbonyl (C=O) groups is 1. The molecule has 172 valence electrons. The SMILES string of the molecule is C[NH2+]/C(=C\C(=N)C(F)(F)F)NC(=O)c1ccc2cc(-c3ccccc3C(F)(F)F)cnc2c1. The lowest BCUT2D eigenvalue weighted by Crippen LogP contribution is -2.81. The first-order valence-electron chi connectivity index (χ1n) is 9.44. The molecule has 1 amide bonds. The molecule has 0 fully saturated rings. The minimum atomic E-state index is -4.85. The van der Waals surface area contributed by atoms with Gasteiger partial charge < -0.3 is 5.32 Å². The summed E-state index contributed by atoms with van der Waals surface area (Å²) in [7, 11) is 1.40. The standard InChI is InChI=1S/C22H16F6N4O/c1-30-19(10-18(29)22(26,27)28)32-20(33)13-7-6-12-8-14(11-31-17(12)9-13)15-4-2-3-5-16(15)21(23,24)25/h2-11,29-30H,1H3,(H,32,33)/p+1/b19-10+,29-18?.